The van der Waals surface area contributed by atoms with Crippen molar-refractivity contribution in [3.8, 4) is 17.1 Å². The average Bonchev–Trinajstić information content (AvgIpc) is 3.04. The standard InChI is InChI=1S/C20H21FN4O2S/c1-4-27-17-8-6-5-7-16(17)22-19(26)13(2)28-20-24-23-18(25(20)3)14-9-11-15(21)12-10-14/h5-13H,4H2,1-3H3,(H,22,26)/t13-/m1/s1. The SMILES string of the molecule is CCOc1ccccc1NC(=O)[C@@H](C)Sc1nnc(-c2ccc(F)cc2)n1C. The fourth-order valence-electron chi connectivity index (χ4n) is 2.57. The fraction of sp³-hybridized carbons (Fsp3) is 0.250. The van der Waals surface area contributed by atoms with Crippen molar-refractivity contribution < 1.29 is 13.9 Å². The molecule has 1 heterocycles. The van der Waals surface area contributed by atoms with Crippen LogP contribution in [0, 0.1) is 5.82 Å². The van der Waals surface area contributed by atoms with Crippen molar-refractivity contribution in [2.24, 2.45) is 7.05 Å². The number of nitrogens with zero attached hydrogens (tertiary/aromatic N) is 3. The number of hydrogen-bond donors (Lipinski definition) is 1. The van der Waals surface area contributed by atoms with Crippen LogP contribution in [0.5, 0.6) is 5.75 Å². The van der Waals surface area contributed by atoms with E-state index < -0.39 is 5.25 Å². The Hall–Kier alpha value is -2.87. The predicted molar refractivity (Wildman–Crippen MR) is 108 cm³/mol. The molecule has 2 aromatic carbocycles. The molecule has 0 aliphatic carbocycles. The molecule has 0 saturated heterocycles. The summed E-state index contributed by atoms with van der Waals surface area (Å²) in [5, 5.41) is 11.4. The first-order valence-electron chi connectivity index (χ1n) is 8.84. The fourth-order valence-corrected chi connectivity index (χ4v) is 3.38. The van der Waals surface area contributed by atoms with E-state index in [-0.39, 0.29) is 11.7 Å². The van der Waals surface area contributed by atoms with E-state index in [1.165, 1.54) is 23.9 Å². The van der Waals surface area contributed by atoms with Gasteiger partial charge in [-0.2, -0.15) is 0 Å². The maximum atomic E-state index is 13.1. The minimum Gasteiger partial charge on any atom is -0.492 e. The summed E-state index contributed by atoms with van der Waals surface area (Å²) in [6.45, 7) is 4.21. The van der Waals surface area contributed by atoms with Crippen LogP contribution in [0.3, 0.4) is 0 Å². The van der Waals surface area contributed by atoms with Gasteiger partial charge in [-0.1, -0.05) is 23.9 Å². The van der Waals surface area contributed by atoms with Gasteiger partial charge in [0.2, 0.25) is 5.91 Å². The smallest absolute Gasteiger partial charge is 0.237 e. The third-order valence-corrected chi connectivity index (χ3v) is 5.17. The molecule has 0 aliphatic heterocycles. The van der Waals surface area contributed by atoms with E-state index in [1.54, 1.807) is 29.7 Å². The molecule has 146 valence electrons. The summed E-state index contributed by atoms with van der Waals surface area (Å²) in [6, 6.07) is 13.4. The Kier molecular flexibility index (Phi) is 6.30. The van der Waals surface area contributed by atoms with Crippen LogP contribution in [0.4, 0.5) is 10.1 Å². The van der Waals surface area contributed by atoms with Crippen molar-refractivity contribution in [3.63, 3.8) is 0 Å². The molecule has 0 radical (unpaired) electrons. The monoisotopic (exact) mass is 400 g/mol. The summed E-state index contributed by atoms with van der Waals surface area (Å²) < 4.78 is 20.5. The number of anilines is 1. The molecule has 0 spiro atoms. The quantitative estimate of drug-likeness (QED) is 0.604. The summed E-state index contributed by atoms with van der Waals surface area (Å²) in [4.78, 5) is 12.6. The van der Waals surface area contributed by atoms with Crippen LogP contribution in [0.15, 0.2) is 53.7 Å². The summed E-state index contributed by atoms with van der Waals surface area (Å²) >= 11 is 1.30. The Morgan fingerprint density at radius 1 is 1.21 bits per heavy atom. The number of halogens is 1. The van der Waals surface area contributed by atoms with Crippen LogP contribution in [-0.2, 0) is 11.8 Å². The third-order valence-electron chi connectivity index (χ3n) is 4.03. The zero-order valence-corrected chi connectivity index (χ0v) is 16.7. The maximum absolute atomic E-state index is 13.1. The van der Waals surface area contributed by atoms with Crippen molar-refractivity contribution >= 4 is 23.4 Å². The molecule has 8 heteroatoms. The molecule has 1 aromatic heterocycles. The average molecular weight is 400 g/mol. The number of benzene rings is 2. The van der Waals surface area contributed by atoms with Gasteiger partial charge in [0.15, 0.2) is 11.0 Å². The first kappa shape index (κ1) is 19.9. The second-order valence-corrected chi connectivity index (χ2v) is 7.36. The van der Waals surface area contributed by atoms with Crippen molar-refractivity contribution in [2.45, 2.75) is 24.3 Å². The van der Waals surface area contributed by atoms with E-state index in [4.69, 9.17) is 4.74 Å². The molecule has 0 unspecified atom stereocenters. The van der Waals surface area contributed by atoms with Crippen LogP contribution in [0.2, 0.25) is 0 Å². The van der Waals surface area contributed by atoms with Crippen LogP contribution in [-0.4, -0.2) is 32.5 Å². The van der Waals surface area contributed by atoms with Gasteiger partial charge in [0.1, 0.15) is 11.6 Å². The van der Waals surface area contributed by atoms with Gasteiger partial charge in [0.05, 0.1) is 17.5 Å². The second kappa shape index (κ2) is 8.88. The highest BCUT2D eigenvalue weighted by atomic mass is 32.2. The molecule has 1 atom stereocenters. The Morgan fingerprint density at radius 3 is 2.64 bits per heavy atom. The molecule has 0 aliphatic rings. The van der Waals surface area contributed by atoms with E-state index in [2.05, 4.69) is 15.5 Å². The predicted octanol–water partition coefficient (Wildman–Crippen LogP) is 4.14. The van der Waals surface area contributed by atoms with Crippen molar-refractivity contribution in [1.29, 1.82) is 0 Å². The Morgan fingerprint density at radius 2 is 1.93 bits per heavy atom. The van der Waals surface area contributed by atoms with E-state index >= 15 is 0 Å². The van der Waals surface area contributed by atoms with Crippen molar-refractivity contribution in [2.75, 3.05) is 11.9 Å². The number of carbonyl (C=O) groups is 1. The van der Waals surface area contributed by atoms with E-state index in [0.717, 1.165) is 5.56 Å². The molecule has 0 fully saturated rings. The maximum Gasteiger partial charge on any atom is 0.237 e. The minimum absolute atomic E-state index is 0.163. The van der Waals surface area contributed by atoms with Crippen LogP contribution < -0.4 is 10.1 Å². The van der Waals surface area contributed by atoms with E-state index in [9.17, 15) is 9.18 Å². The number of amides is 1. The van der Waals surface area contributed by atoms with E-state index in [0.29, 0.717) is 29.0 Å². The summed E-state index contributed by atoms with van der Waals surface area (Å²) in [5.41, 5.74) is 1.39. The number of aromatic nitrogens is 3. The molecule has 3 aromatic rings. The number of hydrogen-bond acceptors (Lipinski definition) is 5. The highest BCUT2D eigenvalue weighted by Crippen LogP contribution is 2.28. The summed E-state index contributed by atoms with van der Waals surface area (Å²) in [7, 11) is 1.82. The van der Waals surface area contributed by atoms with Crippen molar-refractivity contribution in [1.82, 2.24) is 14.8 Å². The minimum atomic E-state index is -0.404. The van der Waals surface area contributed by atoms with Gasteiger partial charge in [0, 0.05) is 12.6 Å². The van der Waals surface area contributed by atoms with Crippen LogP contribution >= 0.6 is 11.8 Å². The first-order valence-corrected chi connectivity index (χ1v) is 9.72. The number of rotatable bonds is 7. The Balaban J connectivity index is 1.70. The van der Waals surface area contributed by atoms with Crippen LogP contribution in [0.25, 0.3) is 11.4 Å². The molecular formula is C20H21FN4O2S. The zero-order chi connectivity index (χ0) is 20.1. The number of ether oxygens (including phenoxy) is 1. The third kappa shape index (κ3) is 4.51. The van der Waals surface area contributed by atoms with Crippen molar-refractivity contribution in [3.05, 3.63) is 54.3 Å². The first-order chi connectivity index (χ1) is 13.5. The molecule has 0 saturated carbocycles. The number of carbonyl (C=O) groups excluding carboxylic acids is 1. The van der Waals surface area contributed by atoms with Gasteiger partial charge in [-0.05, 0) is 50.2 Å². The molecule has 6 nitrogen and oxygen atoms in total. The van der Waals surface area contributed by atoms with Gasteiger partial charge in [-0.15, -0.1) is 10.2 Å². The number of para-hydroxylation sites is 2. The van der Waals surface area contributed by atoms with Gasteiger partial charge in [0.25, 0.3) is 0 Å². The lowest BCUT2D eigenvalue weighted by Gasteiger charge is -2.14. The van der Waals surface area contributed by atoms with Gasteiger partial charge in [-0.25, -0.2) is 4.39 Å². The number of nitrogens with one attached hydrogen (secondary N) is 1. The van der Waals surface area contributed by atoms with Gasteiger partial charge < -0.3 is 14.6 Å². The Bertz CT molecular complexity index is 959. The molecule has 0 bridgehead atoms. The Labute approximate surface area is 167 Å². The van der Waals surface area contributed by atoms with E-state index in [1.807, 2.05) is 32.2 Å². The largest absolute Gasteiger partial charge is 0.492 e. The molecule has 1 amide bonds. The molecule has 1 N–H and O–H groups in total. The number of thioether (sulfide) groups is 1. The van der Waals surface area contributed by atoms with Gasteiger partial charge in [-0.3, -0.25) is 4.79 Å². The lowest BCUT2D eigenvalue weighted by atomic mass is 10.2. The molecule has 3 rings (SSSR count). The zero-order valence-electron chi connectivity index (χ0n) is 15.8. The normalized spacial score (nSPS) is 11.9. The highest BCUT2D eigenvalue weighted by Gasteiger charge is 2.20. The lowest BCUT2D eigenvalue weighted by Crippen LogP contribution is -2.23. The van der Waals surface area contributed by atoms with Gasteiger partial charge >= 0.3 is 0 Å². The lowest BCUT2D eigenvalue weighted by molar-refractivity contribution is -0.115. The molecule has 28 heavy (non-hydrogen) atoms. The van der Waals surface area contributed by atoms with Crippen LogP contribution in [0.1, 0.15) is 13.8 Å². The summed E-state index contributed by atoms with van der Waals surface area (Å²) in [6.07, 6.45) is 0. The highest BCUT2D eigenvalue weighted by molar-refractivity contribution is 8.00. The topological polar surface area (TPSA) is 69.0 Å². The summed E-state index contributed by atoms with van der Waals surface area (Å²) in [5.74, 6) is 0.770. The second-order valence-electron chi connectivity index (χ2n) is 6.05. The molecular weight excluding hydrogens is 379 g/mol.